The lowest BCUT2D eigenvalue weighted by molar-refractivity contribution is -0.135. The molecule has 0 unspecified atom stereocenters. The number of rotatable bonds is 4. The highest BCUT2D eigenvalue weighted by Gasteiger charge is 2.29. The van der Waals surface area contributed by atoms with Crippen LogP contribution >= 0.6 is 0 Å². The zero-order valence-corrected chi connectivity index (χ0v) is 19.9. The predicted octanol–water partition coefficient (Wildman–Crippen LogP) is 1.80. The average molecular weight is 456 g/mol. The van der Waals surface area contributed by atoms with Crippen LogP contribution in [0, 0.1) is 5.92 Å². The van der Waals surface area contributed by atoms with E-state index in [0.29, 0.717) is 30.8 Å². The van der Waals surface area contributed by atoms with Crippen LogP contribution in [0.4, 0.5) is 5.69 Å². The molecule has 2 amide bonds. The zero-order valence-electron chi connectivity index (χ0n) is 19.0. The average Bonchev–Trinajstić information content (AvgIpc) is 2.70. The Balaban J connectivity index is 2.48. The summed E-state index contributed by atoms with van der Waals surface area (Å²) in [7, 11) is -0.214. The first-order valence-electron chi connectivity index (χ1n) is 10.3. The lowest BCUT2D eigenvalue weighted by Crippen LogP contribution is -2.48. The van der Waals surface area contributed by atoms with Crippen molar-refractivity contribution >= 4 is 27.5 Å². The minimum absolute atomic E-state index is 0.00145. The number of carbonyl (C=O) groups is 2. The molecule has 0 aliphatic carbocycles. The summed E-state index contributed by atoms with van der Waals surface area (Å²) < 4.78 is 37.2. The second kappa shape index (κ2) is 10.3. The number of benzene rings is 1. The molecule has 0 fully saturated rings. The van der Waals surface area contributed by atoms with Crippen LogP contribution in [0.15, 0.2) is 18.2 Å². The molecule has 10 heteroatoms. The Hall–Kier alpha value is -2.33. The minimum atomic E-state index is -3.49. The first kappa shape index (κ1) is 24.9. The molecule has 0 aromatic heterocycles. The van der Waals surface area contributed by atoms with E-state index in [0.717, 1.165) is 6.26 Å². The van der Waals surface area contributed by atoms with Crippen LogP contribution in [-0.2, 0) is 19.6 Å². The Morgan fingerprint density at radius 1 is 1.29 bits per heavy atom. The number of nitrogens with one attached hydrogen (secondary N) is 1. The topological polar surface area (TPSA) is 105 Å². The van der Waals surface area contributed by atoms with Crippen molar-refractivity contribution in [1.82, 2.24) is 9.80 Å². The molecular formula is C21H33N3O6S. The summed E-state index contributed by atoms with van der Waals surface area (Å²) in [5, 5.41) is 0. The lowest BCUT2D eigenvalue weighted by atomic mass is 10.0. The van der Waals surface area contributed by atoms with Crippen LogP contribution in [0.2, 0.25) is 0 Å². The molecule has 2 rings (SSSR count). The summed E-state index contributed by atoms with van der Waals surface area (Å²) in [5.74, 6) is -0.000784. The van der Waals surface area contributed by atoms with E-state index in [-0.39, 0.29) is 42.2 Å². The second-order valence-electron chi connectivity index (χ2n) is 8.08. The van der Waals surface area contributed by atoms with Crippen molar-refractivity contribution in [3.8, 4) is 5.75 Å². The van der Waals surface area contributed by atoms with Crippen molar-refractivity contribution in [3.63, 3.8) is 0 Å². The van der Waals surface area contributed by atoms with E-state index in [9.17, 15) is 18.0 Å². The fourth-order valence-corrected chi connectivity index (χ4v) is 4.16. The van der Waals surface area contributed by atoms with Gasteiger partial charge in [-0.05, 0) is 19.1 Å². The third kappa shape index (κ3) is 6.57. The van der Waals surface area contributed by atoms with E-state index < -0.39 is 10.0 Å². The van der Waals surface area contributed by atoms with Crippen molar-refractivity contribution in [2.75, 3.05) is 44.8 Å². The first-order valence-corrected chi connectivity index (χ1v) is 12.2. The Bertz CT molecular complexity index is 904. The molecule has 1 aliphatic heterocycles. The molecular weight excluding hydrogens is 422 g/mol. The number of ether oxygens (including phenoxy) is 2. The number of nitrogens with zero attached hydrogens (tertiary/aromatic N) is 2. The number of amides is 2. The van der Waals surface area contributed by atoms with Gasteiger partial charge in [0.2, 0.25) is 15.9 Å². The molecule has 0 spiro atoms. The lowest BCUT2D eigenvalue weighted by Gasteiger charge is -2.36. The predicted molar refractivity (Wildman–Crippen MR) is 119 cm³/mol. The molecule has 3 atom stereocenters. The summed E-state index contributed by atoms with van der Waals surface area (Å²) in [6, 6.07) is 4.30. The fourth-order valence-electron chi connectivity index (χ4n) is 3.60. The maximum Gasteiger partial charge on any atom is 0.257 e. The van der Waals surface area contributed by atoms with Gasteiger partial charge in [0.05, 0.1) is 29.7 Å². The summed E-state index contributed by atoms with van der Waals surface area (Å²) in [6.45, 7) is 6.67. The van der Waals surface area contributed by atoms with E-state index >= 15 is 0 Å². The first-order chi connectivity index (χ1) is 14.5. The van der Waals surface area contributed by atoms with Crippen molar-refractivity contribution in [3.05, 3.63) is 23.8 Å². The highest BCUT2D eigenvalue weighted by Crippen LogP contribution is 2.27. The van der Waals surface area contributed by atoms with E-state index in [2.05, 4.69) is 4.72 Å². The standard InChI is InChI=1S/C21H33N3O6S/c1-7-20(25)24-11-14(2)19(29-5)12-23(4)21(26)17-9-8-16(22-31(6,27)28)10-18(17)30-13-15(24)3/h8-10,14-15,19,22H,7,11-13H2,1-6H3/t14-,15+,19-/m1/s1. The van der Waals surface area contributed by atoms with E-state index in [1.165, 1.54) is 18.2 Å². The van der Waals surface area contributed by atoms with E-state index in [4.69, 9.17) is 9.47 Å². The maximum atomic E-state index is 13.1. The molecule has 1 aliphatic rings. The number of hydrogen-bond acceptors (Lipinski definition) is 6. The van der Waals surface area contributed by atoms with Gasteiger partial charge in [-0.1, -0.05) is 13.8 Å². The fraction of sp³-hybridized carbons (Fsp3) is 0.619. The molecule has 9 nitrogen and oxygen atoms in total. The van der Waals surface area contributed by atoms with Gasteiger partial charge >= 0.3 is 0 Å². The van der Waals surface area contributed by atoms with Gasteiger partial charge in [0, 0.05) is 45.7 Å². The van der Waals surface area contributed by atoms with Crippen LogP contribution in [0.1, 0.15) is 37.6 Å². The van der Waals surface area contributed by atoms with Crippen LogP contribution in [0.25, 0.3) is 0 Å². The van der Waals surface area contributed by atoms with Gasteiger partial charge in [-0.3, -0.25) is 14.3 Å². The molecule has 1 aromatic carbocycles. The van der Waals surface area contributed by atoms with Crippen molar-refractivity contribution in [2.45, 2.75) is 39.3 Å². The highest BCUT2D eigenvalue weighted by molar-refractivity contribution is 7.92. The molecule has 0 saturated heterocycles. The maximum absolute atomic E-state index is 13.1. The Kier molecular flexibility index (Phi) is 8.30. The summed E-state index contributed by atoms with van der Waals surface area (Å²) in [4.78, 5) is 29.0. The number of fused-ring (bicyclic) bond motifs is 1. The quantitative estimate of drug-likeness (QED) is 0.742. The zero-order chi connectivity index (χ0) is 23.3. The molecule has 1 aromatic rings. The third-order valence-electron chi connectivity index (χ3n) is 5.37. The number of sulfonamides is 1. The third-order valence-corrected chi connectivity index (χ3v) is 5.98. The Morgan fingerprint density at radius 3 is 2.55 bits per heavy atom. The number of carbonyl (C=O) groups excluding carboxylic acids is 2. The van der Waals surface area contributed by atoms with Gasteiger partial charge in [0.25, 0.3) is 5.91 Å². The van der Waals surface area contributed by atoms with E-state index in [1.54, 1.807) is 24.0 Å². The highest BCUT2D eigenvalue weighted by atomic mass is 32.2. The van der Waals surface area contributed by atoms with Crippen molar-refractivity contribution < 1.29 is 27.5 Å². The molecule has 1 N–H and O–H groups in total. The monoisotopic (exact) mass is 455 g/mol. The summed E-state index contributed by atoms with van der Waals surface area (Å²) in [5.41, 5.74) is 0.603. The number of anilines is 1. The van der Waals surface area contributed by atoms with Crippen LogP contribution in [0.5, 0.6) is 5.75 Å². The molecule has 0 saturated carbocycles. The Labute approximate surface area is 184 Å². The van der Waals surface area contributed by atoms with Crippen molar-refractivity contribution in [1.29, 1.82) is 0 Å². The van der Waals surface area contributed by atoms with Crippen LogP contribution < -0.4 is 9.46 Å². The number of hydrogen-bond donors (Lipinski definition) is 1. The minimum Gasteiger partial charge on any atom is -0.491 e. The molecule has 174 valence electrons. The van der Waals surface area contributed by atoms with Gasteiger partial charge in [0.15, 0.2) is 0 Å². The van der Waals surface area contributed by atoms with Gasteiger partial charge in [-0.2, -0.15) is 0 Å². The molecule has 0 radical (unpaired) electrons. The van der Waals surface area contributed by atoms with Crippen LogP contribution in [-0.4, -0.2) is 82.3 Å². The SMILES string of the molecule is CCC(=O)N1C[C@@H](C)[C@H](OC)CN(C)C(=O)c2ccc(NS(C)(=O)=O)cc2OC[C@@H]1C. The normalized spacial score (nSPS) is 23.3. The number of methoxy groups -OCH3 is 1. The molecule has 31 heavy (non-hydrogen) atoms. The smallest absolute Gasteiger partial charge is 0.257 e. The molecule has 0 bridgehead atoms. The Morgan fingerprint density at radius 2 is 1.97 bits per heavy atom. The van der Waals surface area contributed by atoms with Gasteiger partial charge in [0.1, 0.15) is 12.4 Å². The largest absolute Gasteiger partial charge is 0.491 e. The second-order valence-corrected chi connectivity index (χ2v) is 9.83. The van der Waals surface area contributed by atoms with E-state index in [1.807, 2.05) is 20.8 Å². The number of likely N-dealkylation sites (N-methyl/N-ethyl adjacent to an activating group) is 1. The summed E-state index contributed by atoms with van der Waals surface area (Å²) >= 11 is 0. The molecule has 1 heterocycles. The van der Waals surface area contributed by atoms with Gasteiger partial charge in [-0.15, -0.1) is 0 Å². The van der Waals surface area contributed by atoms with Gasteiger partial charge in [-0.25, -0.2) is 8.42 Å². The van der Waals surface area contributed by atoms with Gasteiger partial charge < -0.3 is 19.3 Å². The summed E-state index contributed by atoms with van der Waals surface area (Å²) in [6.07, 6.45) is 1.16. The van der Waals surface area contributed by atoms with Crippen molar-refractivity contribution in [2.24, 2.45) is 5.92 Å². The van der Waals surface area contributed by atoms with Crippen LogP contribution in [0.3, 0.4) is 0 Å².